The predicted molar refractivity (Wildman–Crippen MR) is 94.9 cm³/mol. The summed E-state index contributed by atoms with van der Waals surface area (Å²) in [5.41, 5.74) is 1.17. The zero-order chi connectivity index (χ0) is 15.8. The Morgan fingerprint density at radius 1 is 1.04 bits per heavy atom. The average molecular weight is 415 g/mol. The lowest BCUT2D eigenvalue weighted by atomic mass is 10.1. The topological polar surface area (TPSA) is 72.0 Å². The molecule has 5 nitrogen and oxygen atoms in total. The van der Waals surface area contributed by atoms with E-state index in [1.54, 1.807) is 18.3 Å². The summed E-state index contributed by atoms with van der Waals surface area (Å²) < 4.78 is 6.30. The molecule has 0 fully saturated rings. The Morgan fingerprint density at radius 2 is 1.91 bits per heavy atom. The molecule has 23 heavy (non-hydrogen) atoms. The van der Waals surface area contributed by atoms with Crippen molar-refractivity contribution in [3.8, 4) is 28.7 Å². The SMILES string of the molecule is Oc1ccc(I)cc1-c1nc(-c2nccc3ccccc23)no1. The maximum Gasteiger partial charge on any atom is 0.262 e. The Balaban J connectivity index is 1.86. The number of fused-ring (bicyclic) bond motifs is 1. The lowest BCUT2D eigenvalue weighted by Crippen LogP contribution is -1.88. The molecule has 0 radical (unpaired) electrons. The molecule has 0 amide bonds. The van der Waals surface area contributed by atoms with Gasteiger partial charge in [-0.15, -0.1) is 0 Å². The molecular formula is C17H10IN3O2. The first kappa shape index (κ1) is 14.1. The second-order valence-electron chi connectivity index (χ2n) is 4.97. The van der Waals surface area contributed by atoms with Gasteiger partial charge in [0.1, 0.15) is 11.4 Å². The second kappa shape index (κ2) is 5.62. The standard InChI is InChI=1S/C17H10IN3O2/c18-11-5-6-14(22)13(9-11)17-20-16(21-23-17)15-12-4-2-1-3-10(12)7-8-19-15/h1-9,22H. The normalized spacial score (nSPS) is 11.0. The zero-order valence-corrected chi connectivity index (χ0v) is 13.9. The lowest BCUT2D eigenvalue weighted by Gasteiger charge is -2.01. The minimum Gasteiger partial charge on any atom is -0.507 e. The zero-order valence-electron chi connectivity index (χ0n) is 11.8. The van der Waals surface area contributed by atoms with Crippen LogP contribution in [0, 0.1) is 3.57 Å². The molecule has 0 saturated carbocycles. The van der Waals surface area contributed by atoms with Crippen LogP contribution in [0.5, 0.6) is 5.75 Å². The van der Waals surface area contributed by atoms with Crippen LogP contribution in [0.1, 0.15) is 0 Å². The maximum atomic E-state index is 9.99. The van der Waals surface area contributed by atoms with Gasteiger partial charge in [-0.25, -0.2) is 0 Å². The Labute approximate surface area is 145 Å². The molecule has 112 valence electrons. The molecule has 2 aromatic carbocycles. The number of halogens is 1. The van der Waals surface area contributed by atoms with Crippen molar-refractivity contribution in [1.82, 2.24) is 15.1 Å². The molecule has 4 aromatic rings. The van der Waals surface area contributed by atoms with E-state index >= 15 is 0 Å². The highest BCUT2D eigenvalue weighted by Crippen LogP contribution is 2.31. The fourth-order valence-electron chi connectivity index (χ4n) is 2.41. The fourth-order valence-corrected chi connectivity index (χ4v) is 2.90. The average Bonchev–Trinajstić information content (AvgIpc) is 3.06. The Hall–Kier alpha value is -2.48. The van der Waals surface area contributed by atoms with E-state index in [2.05, 4.69) is 37.7 Å². The Morgan fingerprint density at radius 3 is 2.83 bits per heavy atom. The fraction of sp³-hybridized carbons (Fsp3) is 0. The van der Waals surface area contributed by atoms with E-state index in [0.29, 0.717) is 17.1 Å². The van der Waals surface area contributed by atoms with Gasteiger partial charge < -0.3 is 9.63 Å². The third-order valence-electron chi connectivity index (χ3n) is 3.50. The quantitative estimate of drug-likeness (QED) is 0.496. The largest absolute Gasteiger partial charge is 0.507 e. The molecule has 0 aliphatic rings. The van der Waals surface area contributed by atoms with Crippen molar-refractivity contribution in [3.05, 3.63) is 58.3 Å². The van der Waals surface area contributed by atoms with Crippen LogP contribution in [-0.4, -0.2) is 20.2 Å². The van der Waals surface area contributed by atoms with E-state index in [4.69, 9.17) is 4.52 Å². The highest BCUT2D eigenvalue weighted by Gasteiger charge is 2.16. The molecule has 2 aromatic heterocycles. The van der Waals surface area contributed by atoms with Gasteiger partial charge in [-0.05, 0) is 52.2 Å². The molecular weight excluding hydrogens is 405 g/mol. The van der Waals surface area contributed by atoms with Crippen LogP contribution in [0.15, 0.2) is 59.3 Å². The van der Waals surface area contributed by atoms with Gasteiger partial charge in [-0.1, -0.05) is 29.4 Å². The maximum absolute atomic E-state index is 9.99. The summed E-state index contributed by atoms with van der Waals surface area (Å²) in [5, 5.41) is 16.0. The number of aromatic nitrogens is 3. The molecule has 0 atom stereocenters. The van der Waals surface area contributed by atoms with Crippen molar-refractivity contribution in [2.45, 2.75) is 0 Å². The first-order valence-corrected chi connectivity index (χ1v) is 7.97. The van der Waals surface area contributed by atoms with Gasteiger partial charge in [-0.2, -0.15) is 4.98 Å². The lowest BCUT2D eigenvalue weighted by molar-refractivity contribution is 0.425. The Bertz CT molecular complexity index is 1010. The number of aromatic hydroxyl groups is 1. The number of hydrogen-bond acceptors (Lipinski definition) is 5. The first-order valence-electron chi connectivity index (χ1n) is 6.89. The smallest absolute Gasteiger partial charge is 0.262 e. The highest BCUT2D eigenvalue weighted by molar-refractivity contribution is 14.1. The number of pyridine rings is 1. The summed E-state index contributed by atoms with van der Waals surface area (Å²) >= 11 is 2.17. The summed E-state index contributed by atoms with van der Waals surface area (Å²) in [4.78, 5) is 8.77. The molecule has 0 spiro atoms. The van der Waals surface area contributed by atoms with Crippen LogP contribution in [0.2, 0.25) is 0 Å². The van der Waals surface area contributed by atoms with Gasteiger partial charge in [0, 0.05) is 15.2 Å². The minimum atomic E-state index is 0.103. The van der Waals surface area contributed by atoms with Crippen molar-refractivity contribution in [1.29, 1.82) is 0 Å². The first-order chi connectivity index (χ1) is 11.2. The highest BCUT2D eigenvalue weighted by atomic mass is 127. The van der Waals surface area contributed by atoms with E-state index < -0.39 is 0 Å². The molecule has 4 rings (SSSR count). The summed E-state index contributed by atoms with van der Waals surface area (Å²) in [6.45, 7) is 0. The summed E-state index contributed by atoms with van der Waals surface area (Å²) in [6, 6.07) is 15.0. The van der Waals surface area contributed by atoms with E-state index in [0.717, 1.165) is 14.3 Å². The number of phenolic OH excluding ortho intramolecular Hbond substituents is 1. The van der Waals surface area contributed by atoms with Gasteiger partial charge in [-0.3, -0.25) is 4.98 Å². The van der Waals surface area contributed by atoms with Gasteiger partial charge in [0.15, 0.2) is 0 Å². The van der Waals surface area contributed by atoms with Crippen LogP contribution in [-0.2, 0) is 0 Å². The summed E-state index contributed by atoms with van der Waals surface area (Å²) in [6.07, 6.45) is 1.72. The molecule has 2 heterocycles. The third kappa shape index (κ3) is 2.55. The van der Waals surface area contributed by atoms with Gasteiger partial charge in [0.05, 0.1) is 5.56 Å². The minimum absolute atomic E-state index is 0.103. The molecule has 0 bridgehead atoms. The van der Waals surface area contributed by atoms with Crippen LogP contribution in [0.25, 0.3) is 33.7 Å². The number of hydrogen-bond donors (Lipinski definition) is 1. The van der Waals surface area contributed by atoms with Gasteiger partial charge in [0.2, 0.25) is 5.82 Å². The van der Waals surface area contributed by atoms with Gasteiger partial charge in [0.25, 0.3) is 5.89 Å². The van der Waals surface area contributed by atoms with Crippen LogP contribution < -0.4 is 0 Å². The van der Waals surface area contributed by atoms with Crippen molar-refractivity contribution in [2.24, 2.45) is 0 Å². The number of phenols is 1. The molecule has 0 aliphatic carbocycles. The van der Waals surface area contributed by atoms with E-state index in [-0.39, 0.29) is 11.6 Å². The van der Waals surface area contributed by atoms with Crippen molar-refractivity contribution >= 4 is 33.4 Å². The summed E-state index contributed by atoms with van der Waals surface area (Å²) in [5.74, 6) is 0.771. The van der Waals surface area contributed by atoms with E-state index in [1.807, 2.05) is 36.4 Å². The molecule has 0 saturated heterocycles. The number of rotatable bonds is 2. The van der Waals surface area contributed by atoms with Gasteiger partial charge >= 0.3 is 0 Å². The van der Waals surface area contributed by atoms with E-state index in [9.17, 15) is 5.11 Å². The molecule has 1 N–H and O–H groups in total. The van der Waals surface area contributed by atoms with Crippen LogP contribution >= 0.6 is 22.6 Å². The molecule has 0 unspecified atom stereocenters. The number of benzene rings is 2. The van der Waals surface area contributed by atoms with Crippen molar-refractivity contribution < 1.29 is 9.63 Å². The number of nitrogens with zero attached hydrogens (tertiary/aromatic N) is 3. The van der Waals surface area contributed by atoms with Crippen molar-refractivity contribution in [2.75, 3.05) is 0 Å². The second-order valence-corrected chi connectivity index (χ2v) is 6.21. The monoisotopic (exact) mass is 415 g/mol. The van der Waals surface area contributed by atoms with E-state index in [1.165, 1.54) is 0 Å². The summed E-state index contributed by atoms with van der Waals surface area (Å²) in [7, 11) is 0. The van der Waals surface area contributed by atoms with Crippen molar-refractivity contribution in [3.63, 3.8) is 0 Å². The van der Waals surface area contributed by atoms with Crippen LogP contribution in [0.4, 0.5) is 0 Å². The molecule has 6 heteroatoms. The Kier molecular flexibility index (Phi) is 3.45. The predicted octanol–water partition coefficient (Wildman–Crippen LogP) is 4.26. The third-order valence-corrected chi connectivity index (χ3v) is 4.17. The van der Waals surface area contributed by atoms with Crippen LogP contribution in [0.3, 0.4) is 0 Å². The molecule has 0 aliphatic heterocycles.